The van der Waals surface area contributed by atoms with Crippen LogP contribution in [0.2, 0.25) is 0 Å². The van der Waals surface area contributed by atoms with Crippen LogP contribution in [0, 0.1) is 51.6 Å². The molecule has 2 aromatic rings. The van der Waals surface area contributed by atoms with Gasteiger partial charge in [-0.1, -0.05) is 26.0 Å². The highest BCUT2D eigenvalue weighted by Crippen LogP contribution is 2.67. The molecule has 0 bridgehead atoms. The molecule has 7 atom stereocenters. The standard InChI is InChI=1S/C28H31FN4O/c1-27-12-10-20-17(6-9-24-28(20,2)13-11-25-31-14-15-33(24)25)19(27)7-8-21(27)26(34)32-23-5-3-4-22(29)18(23)16-30/h3-5,11,13-15,17,19-21,24H,6-10,12H2,1-2H3,(H,32,34)/t17-,19-,20-,21+,24?,27-,28+/m0/s1. The number of amides is 1. The largest absolute Gasteiger partial charge is 0.328 e. The van der Waals surface area contributed by atoms with Gasteiger partial charge in [0.05, 0.1) is 5.69 Å². The van der Waals surface area contributed by atoms with Crippen LogP contribution in [0.15, 0.2) is 36.7 Å². The molecule has 1 aliphatic heterocycles. The highest BCUT2D eigenvalue weighted by molar-refractivity contribution is 5.94. The number of rotatable bonds is 2. The van der Waals surface area contributed by atoms with Crippen molar-refractivity contribution in [3.8, 4) is 6.07 Å². The Morgan fingerprint density at radius 1 is 1.21 bits per heavy atom. The second kappa shape index (κ2) is 7.53. The van der Waals surface area contributed by atoms with Crippen molar-refractivity contribution in [1.82, 2.24) is 9.55 Å². The van der Waals surface area contributed by atoms with E-state index in [0.717, 1.165) is 37.9 Å². The minimum Gasteiger partial charge on any atom is -0.328 e. The molecule has 3 fully saturated rings. The third kappa shape index (κ3) is 2.88. The first-order valence-electron chi connectivity index (χ1n) is 12.6. The van der Waals surface area contributed by atoms with Crippen LogP contribution in [0.4, 0.5) is 10.1 Å². The lowest BCUT2D eigenvalue weighted by atomic mass is 9.48. The zero-order chi connectivity index (χ0) is 23.7. The third-order valence-electron chi connectivity index (χ3n) is 10.1. The molecule has 1 amide bonds. The molecule has 4 aliphatic rings. The molecule has 1 aromatic carbocycles. The zero-order valence-corrected chi connectivity index (χ0v) is 19.8. The maximum Gasteiger partial charge on any atom is 0.228 e. The lowest BCUT2D eigenvalue weighted by Crippen LogP contribution is -2.53. The average Bonchev–Trinajstić information content (AvgIpc) is 3.43. The van der Waals surface area contributed by atoms with Crippen molar-refractivity contribution in [2.24, 2.45) is 34.5 Å². The Morgan fingerprint density at radius 2 is 2.06 bits per heavy atom. The summed E-state index contributed by atoms with van der Waals surface area (Å²) in [6.45, 7) is 4.74. The lowest BCUT2D eigenvalue weighted by molar-refractivity contribution is -0.127. The van der Waals surface area contributed by atoms with Gasteiger partial charge in [0, 0.05) is 29.8 Å². The summed E-state index contributed by atoms with van der Waals surface area (Å²) in [6.07, 6.45) is 15.1. The van der Waals surface area contributed by atoms with E-state index in [1.807, 2.05) is 12.3 Å². The molecule has 1 N–H and O–H groups in total. The highest BCUT2D eigenvalue weighted by Gasteiger charge is 2.61. The predicted octanol–water partition coefficient (Wildman–Crippen LogP) is 5.96. The number of nitrogens with one attached hydrogen (secondary N) is 1. The number of benzene rings is 1. The van der Waals surface area contributed by atoms with E-state index in [1.165, 1.54) is 12.5 Å². The Bertz CT molecular complexity index is 1230. The van der Waals surface area contributed by atoms with Gasteiger partial charge in [0.1, 0.15) is 23.3 Å². The van der Waals surface area contributed by atoms with Gasteiger partial charge in [0.15, 0.2) is 0 Å². The molecule has 5 nitrogen and oxygen atoms in total. The first kappa shape index (κ1) is 21.6. The number of aromatic nitrogens is 2. The molecule has 3 aliphatic carbocycles. The van der Waals surface area contributed by atoms with Crippen molar-refractivity contribution in [3.63, 3.8) is 0 Å². The molecular weight excluding hydrogens is 427 g/mol. The number of allylic oxidation sites excluding steroid dienone is 1. The molecular formula is C28H31FN4O. The van der Waals surface area contributed by atoms with Crippen molar-refractivity contribution in [2.45, 2.75) is 58.4 Å². The summed E-state index contributed by atoms with van der Waals surface area (Å²) in [5.41, 5.74) is 0.243. The van der Waals surface area contributed by atoms with E-state index >= 15 is 0 Å². The molecule has 6 heteroatoms. The van der Waals surface area contributed by atoms with Crippen molar-refractivity contribution in [2.75, 3.05) is 5.32 Å². The lowest BCUT2D eigenvalue weighted by Gasteiger charge is -2.59. The number of anilines is 1. The van der Waals surface area contributed by atoms with E-state index < -0.39 is 5.82 Å². The second-order valence-electron chi connectivity index (χ2n) is 11.3. The van der Waals surface area contributed by atoms with Crippen LogP contribution in [0.1, 0.15) is 69.8 Å². The van der Waals surface area contributed by atoms with Gasteiger partial charge in [-0.05, 0) is 79.9 Å². The smallest absolute Gasteiger partial charge is 0.228 e. The van der Waals surface area contributed by atoms with Crippen molar-refractivity contribution >= 4 is 17.7 Å². The van der Waals surface area contributed by atoms with Crippen LogP contribution in [0.3, 0.4) is 0 Å². The third-order valence-corrected chi connectivity index (χ3v) is 10.1. The monoisotopic (exact) mass is 458 g/mol. The first-order chi connectivity index (χ1) is 16.4. The first-order valence-corrected chi connectivity index (χ1v) is 12.6. The Morgan fingerprint density at radius 3 is 2.88 bits per heavy atom. The number of hydrogen-bond acceptors (Lipinski definition) is 3. The normalized spacial score (nSPS) is 37.6. The number of nitriles is 1. The van der Waals surface area contributed by atoms with Crippen LogP contribution in [0.5, 0.6) is 0 Å². The molecule has 0 radical (unpaired) electrons. The minimum atomic E-state index is -0.595. The Hall–Kier alpha value is -2.94. The van der Waals surface area contributed by atoms with E-state index in [4.69, 9.17) is 0 Å². The van der Waals surface area contributed by atoms with Crippen molar-refractivity contribution in [3.05, 3.63) is 53.9 Å². The molecule has 176 valence electrons. The fraction of sp³-hybridized carbons (Fsp3) is 0.536. The molecule has 2 heterocycles. The number of hydrogen-bond donors (Lipinski definition) is 1. The van der Waals surface area contributed by atoms with Crippen LogP contribution in [0.25, 0.3) is 6.08 Å². The number of carbonyl (C=O) groups excluding carboxylic acids is 1. The van der Waals surface area contributed by atoms with Crippen LogP contribution in [-0.2, 0) is 4.79 Å². The van der Waals surface area contributed by atoms with Crippen LogP contribution >= 0.6 is 0 Å². The van der Waals surface area contributed by atoms with Crippen molar-refractivity contribution in [1.29, 1.82) is 5.26 Å². The SMILES string of the molecule is C[C@]12CC[C@H]3[C@@H](CCC4n5ccnc5C=C[C@@]43C)[C@@H]1CC[C@@H]2C(=O)Nc1cccc(F)c1C#N. The molecule has 0 saturated heterocycles. The van der Waals surface area contributed by atoms with Gasteiger partial charge in [-0.15, -0.1) is 0 Å². The maximum atomic E-state index is 14.1. The topological polar surface area (TPSA) is 70.7 Å². The Balaban J connectivity index is 1.25. The number of nitrogens with zero attached hydrogens (tertiary/aromatic N) is 3. The summed E-state index contributed by atoms with van der Waals surface area (Å²) in [4.78, 5) is 18.0. The Kier molecular flexibility index (Phi) is 4.78. The molecule has 1 aromatic heterocycles. The molecule has 34 heavy (non-hydrogen) atoms. The van der Waals surface area contributed by atoms with Crippen molar-refractivity contribution < 1.29 is 9.18 Å². The second-order valence-corrected chi connectivity index (χ2v) is 11.3. The number of imidazole rings is 1. The summed E-state index contributed by atoms with van der Waals surface area (Å²) in [7, 11) is 0. The van der Waals surface area contributed by atoms with E-state index in [0.29, 0.717) is 23.8 Å². The summed E-state index contributed by atoms with van der Waals surface area (Å²) in [6, 6.07) is 6.77. The Labute approximate surface area is 200 Å². The maximum absolute atomic E-state index is 14.1. The van der Waals surface area contributed by atoms with Crippen LogP contribution in [-0.4, -0.2) is 15.5 Å². The van der Waals surface area contributed by atoms with E-state index in [9.17, 15) is 14.4 Å². The zero-order valence-electron chi connectivity index (χ0n) is 19.8. The molecule has 1 unspecified atom stereocenters. The number of fused-ring (bicyclic) bond motifs is 7. The molecule has 3 saturated carbocycles. The van der Waals surface area contributed by atoms with Gasteiger partial charge >= 0.3 is 0 Å². The quantitative estimate of drug-likeness (QED) is 0.604. The fourth-order valence-corrected chi connectivity index (χ4v) is 8.41. The summed E-state index contributed by atoms with van der Waals surface area (Å²) in [5, 5.41) is 12.3. The average molecular weight is 459 g/mol. The van der Waals surface area contributed by atoms with Gasteiger partial charge < -0.3 is 9.88 Å². The van der Waals surface area contributed by atoms with E-state index in [-0.39, 0.29) is 33.9 Å². The number of carbonyl (C=O) groups is 1. The van der Waals surface area contributed by atoms with Gasteiger partial charge in [-0.3, -0.25) is 4.79 Å². The summed E-state index contributed by atoms with van der Waals surface area (Å²) < 4.78 is 16.4. The summed E-state index contributed by atoms with van der Waals surface area (Å²) >= 11 is 0. The van der Waals surface area contributed by atoms with E-state index in [1.54, 1.807) is 12.1 Å². The highest BCUT2D eigenvalue weighted by atomic mass is 19.1. The van der Waals surface area contributed by atoms with Gasteiger partial charge in [-0.2, -0.15) is 5.26 Å². The van der Waals surface area contributed by atoms with Gasteiger partial charge in [-0.25, -0.2) is 9.37 Å². The van der Waals surface area contributed by atoms with E-state index in [2.05, 4.69) is 47.1 Å². The minimum absolute atomic E-state index is 0.0624. The molecule has 0 spiro atoms. The predicted molar refractivity (Wildman–Crippen MR) is 128 cm³/mol. The fourth-order valence-electron chi connectivity index (χ4n) is 8.41. The summed E-state index contributed by atoms with van der Waals surface area (Å²) in [5.74, 6) is 2.02. The number of halogens is 1. The van der Waals surface area contributed by atoms with Crippen LogP contribution < -0.4 is 5.32 Å². The molecule has 6 rings (SSSR count). The van der Waals surface area contributed by atoms with Gasteiger partial charge in [0.2, 0.25) is 5.91 Å². The van der Waals surface area contributed by atoms with Gasteiger partial charge in [0.25, 0.3) is 0 Å².